The smallest absolute Gasteiger partial charge is 0.269 e. The molecule has 0 unspecified atom stereocenters. The molecule has 0 spiro atoms. The third-order valence-corrected chi connectivity index (χ3v) is 5.86. The zero-order chi connectivity index (χ0) is 22.8. The maximum absolute atomic E-state index is 13.0. The van der Waals surface area contributed by atoms with Gasteiger partial charge in [-0.2, -0.15) is 0 Å². The first-order valence-electron chi connectivity index (χ1n) is 10.1. The molecule has 3 aromatic rings. The van der Waals surface area contributed by atoms with Gasteiger partial charge in [0.2, 0.25) is 0 Å². The predicted octanol–water partition coefficient (Wildman–Crippen LogP) is 3.12. The van der Waals surface area contributed by atoms with Crippen molar-refractivity contribution < 1.29 is 9.72 Å². The number of carbonyl (C=O) groups excluding carboxylic acids is 1. The molecule has 1 aromatic heterocycles. The van der Waals surface area contributed by atoms with E-state index < -0.39 is 4.92 Å². The highest BCUT2D eigenvalue weighted by molar-refractivity contribution is 7.71. The van der Waals surface area contributed by atoms with E-state index in [0.717, 1.165) is 5.69 Å². The van der Waals surface area contributed by atoms with Crippen LogP contribution in [0.15, 0.2) is 59.9 Å². The summed E-state index contributed by atoms with van der Waals surface area (Å²) in [6.45, 7) is 6.22. The molecule has 2 heterocycles. The van der Waals surface area contributed by atoms with Crippen LogP contribution in [0.5, 0.6) is 0 Å². The van der Waals surface area contributed by atoms with Gasteiger partial charge in [0.05, 0.1) is 15.8 Å². The molecule has 1 aliphatic rings. The molecule has 1 saturated heterocycles. The Morgan fingerprint density at radius 2 is 1.84 bits per heavy atom. The molecule has 0 radical (unpaired) electrons. The van der Waals surface area contributed by atoms with E-state index in [9.17, 15) is 19.7 Å². The number of carbonyl (C=O) groups is 1. The number of anilines is 1. The van der Waals surface area contributed by atoms with Crippen LogP contribution in [0.3, 0.4) is 0 Å². The van der Waals surface area contributed by atoms with Crippen molar-refractivity contribution in [2.45, 2.75) is 6.54 Å². The number of nitro groups is 1. The highest BCUT2D eigenvalue weighted by Crippen LogP contribution is 2.21. The molecule has 9 nitrogen and oxygen atoms in total. The summed E-state index contributed by atoms with van der Waals surface area (Å²) in [7, 11) is 0. The zero-order valence-electron chi connectivity index (χ0n) is 17.2. The summed E-state index contributed by atoms with van der Waals surface area (Å²) in [6.07, 6.45) is 1.60. The lowest BCUT2D eigenvalue weighted by Crippen LogP contribution is -2.48. The monoisotopic (exact) mass is 451 g/mol. The third kappa shape index (κ3) is 4.04. The van der Waals surface area contributed by atoms with E-state index >= 15 is 0 Å². The van der Waals surface area contributed by atoms with Crippen molar-refractivity contribution in [3.05, 3.63) is 85.9 Å². The summed E-state index contributed by atoms with van der Waals surface area (Å²) in [4.78, 5) is 43.0. The molecule has 1 fully saturated rings. The number of piperazine rings is 1. The summed E-state index contributed by atoms with van der Waals surface area (Å²) >= 11 is 5.27. The van der Waals surface area contributed by atoms with Crippen LogP contribution in [0.4, 0.5) is 11.4 Å². The number of non-ortho nitro benzene ring substituents is 1. The SMILES string of the molecule is C=CCn1c(=S)[nH]c2cc(C(=O)N3CCN(c4ccc([N+](=O)[O-])cc4)CC3)ccc2c1=O. The van der Waals surface area contributed by atoms with Crippen LogP contribution >= 0.6 is 12.2 Å². The van der Waals surface area contributed by atoms with Crippen LogP contribution in [0.25, 0.3) is 10.9 Å². The Morgan fingerprint density at radius 3 is 2.47 bits per heavy atom. The lowest BCUT2D eigenvalue weighted by atomic mass is 10.1. The van der Waals surface area contributed by atoms with Crippen LogP contribution < -0.4 is 10.5 Å². The van der Waals surface area contributed by atoms with Crippen LogP contribution in [-0.4, -0.2) is 51.5 Å². The second-order valence-corrected chi connectivity index (χ2v) is 7.83. The maximum atomic E-state index is 13.0. The van der Waals surface area contributed by atoms with E-state index in [4.69, 9.17) is 12.2 Å². The number of hydrogen-bond donors (Lipinski definition) is 1. The maximum Gasteiger partial charge on any atom is 0.269 e. The molecule has 32 heavy (non-hydrogen) atoms. The van der Waals surface area contributed by atoms with Crippen molar-refractivity contribution in [2.24, 2.45) is 0 Å². The molecule has 2 aromatic carbocycles. The van der Waals surface area contributed by atoms with Crippen LogP contribution in [-0.2, 0) is 6.54 Å². The van der Waals surface area contributed by atoms with E-state index in [1.54, 1.807) is 41.3 Å². The number of nitro benzene ring substituents is 1. The normalized spacial score (nSPS) is 13.9. The number of nitrogens with zero attached hydrogens (tertiary/aromatic N) is 4. The van der Waals surface area contributed by atoms with Crippen molar-refractivity contribution in [1.82, 2.24) is 14.5 Å². The highest BCUT2D eigenvalue weighted by Gasteiger charge is 2.23. The molecule has 4 rings (SSSR count). The minimum absolute atomic E-state index is 0.0501. The standard InChI is InChI=1S/C22H21N5O4S/c1-2-9-26-21(29)18-8-3-15(14-19(18)23-22(26)32)20(28)25-12-10-24(11-13-25)16-4-6-17(7-5-16)27(30)31/h2-8,14H,1,9-13H2,(H,23,32). The fraction of sp³-hybridized carbons (Fsp3) is 0.227. The molecular formula is C22H21N5O4S. The minimum atomic E-state index is -0.426. The summed E-state index contributed by atoms with van der Waals surface area (Å²) in [5, 5.41) is 11.3. The third-order valence-electron chi connectivity index (χ3n) is 5.53. The number of H-pyrrole nitrogens is 1. The topological polar surface area (TPSA) is 104 Å². The van der Waals surface area contributed by atoms with Gasteiger partial charge in [-0.1, -0.05) is 6.08 Å². The van der Waals surface area contributed by atoms with E-state index in [0.29, 0.717) is 49.2 Å². The van der Waals surface area contributed by atoms with Crippen LogP contribution in [0.1, 0.15) is 10.4 Å². The number of aromatic amines is 1. The van der Waals surface area contributed by atoms with E-state index in [1.807, 2.05) is 0 Å². The van der Waals surface area contributed by atoms with Gasteiger partial charge in [0.15, 0.2) is 4.77 Å². The average Bonchev–Trinajstić information content (AvgIpc) is 2.81. The quantitative estimate of drug-likeness (QED) is 0.277. The molecule has 0 atom stereocenters. The molecular weight excluding hydrogens is 430 g/mol. The summed E-state index contributed by atoms with van der Waals surface area (Å²) in [5.74, 6) is -0.121. The van der Waals surface area contributed by atoms with E-state index in [2.05, 4.69) is 16.5 Å². The Kier molecular flexibility index (Phi) is 5.87. The Balaban J connectivity index is 1.49. The van der Waals surface area contributed by atoms with Gasteiger partial charge in [0.25, 0.3) is 17.2 Å². The molecule has 1 aliphatic heterocycles. The number of nitrogens with one attached hydrogen (secondary N) is 1. The highest BCUT2D eigenvalue weighted by atomic mass is 32.1. The average molecular weight is 452 g/mol. The predicted molar refractivity (Wildman–Crippen MR) is 125 cm³/mol. The van der Waals surface area contributed by atoms with E-state index in [1.165, 1.54) is 16.7 Å². The summed E-state index contributed by atoms with van der Waals surface area (Å²) in [5.41, 5.74) is 1.72. The minimum Gasteiger partial charge on any atom is -0.368 e. The van der Waals surface area contributed by atoms with Gasteiger partial charge in [-0.25, -0.2) is 0 Å². The fourth-order valence-corrected chi connectivity index (χ4v) is 4.09. The van der Waals surface area contributed by atoms with Gasteiger partial charge in [-0.3, -0.25) is 24.3 Å². The Labute approximate surface area is 188 Å². The van der Waals surface area contributed by atoms with Crippen molar-refractivity contribution in [3.8, 4) is 0 Å². The Hall–Kier alpha value is -3.79. The summed E-state index contributed by atoms with van der Waals surface area (Å²) in [6, 6.07) is 11.4. The number of benzene rings is 2. The van der Waals surface area contributed by atoms with E-state index in [-0.39, 0.29) is 21.9 Å². The Bertz CT molecular complexity index is 1320. The first-order chi connectivity index (χ1) is 15.4. The van der Waals surface area contributed by atoms with Gasteiger partial charge in [-0.15, -0.1) is 6.58 Å². The second-order valence-electron chi connectivity index (χ2n) is 7.45. The summed E-state index contributed by atoms with van der Waals surface area (Å²) < 4.78 is 1.70. The number of rotatable bonds is 5. The molecule has 10 heteroatoms. The van der Waals surface area contributed by atoms with Gasteiger partial charge in [0, 0.05) is 56.1 Å². The van der Waals surface area contributed by atoms with Crippen molar-refractivity contribution in [1.29, 1.82) is 0 Å². The number of allylic oxidation sites excluding steroid dienone is 1. The molecule has 1 amide bonds. The van der Waals surface area contributed by atoms with Gasteiger partial charge >= 0.3 is 0 Å². The molecule has 0 bridgehead atoms. The van der Waals surface area contributed by atoms with Crippen molar-refractivity contribution in [3.63, 3.8) is 0 Å². The van der Waals surface area contributed by atoms with Crippen molar-refractivity contribution >= 4 is 40.4 Å². The number of aromatic nitrogens is 2. The van der Waals surface area contributed by atoms with Crippen LogP contribution in [0, 0.1) is 14.9 Å². The largest absolute Gasteiger partial charge is 0.368 e. The first kappa shape index (κ1) is 21.4. The lowest BCUT2D eigenvalue weighted by Gasteiger charge is -2.36. The fourth-order valence-electron chi connectivity index (χ4n) is 3.82. The number of amides is 1. The first-order valence-corrected chi connectivity index (χ1v) is 10.5. The zero-order valence-corrected chi connectivity index (χ0v) is 18.0. The van der Waals surface area contributed by atoms with Crippen molar-refractivity contribution in [2.75, 3.05) is 31.1 Å². The molecule has 0 aliphatic carbocycles. The number of fused-ring (bicyclic) bond motifs is 1. The molecule has 164 valence electrons. The Morgan fingerprint density at radius 1 is 1.16 bits per heavy atom. The van der Waals surface area contributed by atoms with Gasteiger partial charge in [0.1, 0.15) is 0 Å². The molecule has 1 N–H and O–H groups in total. The number of hydrogen-bond acceptors (Lipinski definition) is 6. The van der Waals surface area contributed by atoms with Gasteiger partial charge < -0.3 is 14.8 Å². The second kappa shape index (κ2) is 8.75. The van der Waals surface area contributed by atoms with Crippen LogP contribution in [0.2, 0.25) is 0 Å². The molecule has 0 saturated carbocycles. The lowest BCUT2D eigenvalue weighted by molar-refractivity contribution is -0.384. The van der Waals surface area contributed by atoms with Gasteiger partial charge in [-0.05, 0) is 42.5 Å².